The summed E-state index contributed by atoms with van der Waals surface area (Å²) in [5.74, 6) is 2.67. The molecular weight excluding hydrogens is 547 g/mol. The zero-order valence-corrected chi connectivity index (χ0v) is 24.0. The molecule has 2 saturated carbocycles. The van der Waals surface area contributed by atoms with Crippen molar-refractivity contribution in [2.75, 3.05) is 19.9 Å². The molecule has 2 aromatic heterocycles. The molecule has 1 saturated heterocycles. The third-order valence-corrected chi connectivity index (χ3v) is 9.21. The smallest absolute Gasteiger partial charge is 0.416 e. The molecule has 2 aliphatic carbocycles. The molecule has 2 aliphatic heterocycles. The van der Waals surface area contributed by atoms with Crippen LogP contribution in [0.4, 0.5) is 13.2 Å². The van der Waals surface area contributed by atoms with Crippen LogP contribution in [0.2, 0.25) is 0 Å². The maximum absolute atomic E-state index is 13.0. The Kier molecular flexibility index (Phi) is 8.71. The summed E-state index contributed by atoms with van der Waals surface area (Å²) in [6.07, 6.45) is 13.2. The second kappa shape index (κ2) is 12.6. The van der Waals surface area contributed by atoms with E-state index in [1.807, 2.05) is 22.5 Å². The quantitative estimate of drug-likeness (QED) is 0.411. The number of halogens is 3. The fraction of sp³-hybridized carbons (Fsp3) is 0.633. The average molecular weight is 587 g/mol. The number of nitrogens with zero attached hydrogens (tertiary/aromatic N) is 7. The van der Waals surface area contributed by atoms with E-state index in [1.165, 1.54) is 31.3 Å². The van der Waals surface area contributed by atoms with Crippen molar-refractivity contribution in [3.05, 3.63) is 47.3 Å². The monoisotopic (exact) mass is 586 g/mol. The van der Waals surface area contributed by atoms with E-state index in [2.05, 4.69) is 37.6 Å². The van der Waals surface area contributed by atoms with Gasteiger partial charge in [-0.2, -0.15) is 13.2 Å². The van der Waals surface area contributed by atoms with Crippen molar-refractivity contribution in [3.8, 4) is 5.88 Å². The Morgan fingerprint density at radius 1 is 1.07 bits per heavy atom. The molecule has 0 unspecified atom stereocenters. The lowest BCUT2D eigenvalue weighted by Crippen LogP contribution is -2.43. The summed E-state index contributed by atoms with van der Waals surface area (Å²) in [5.41, 5.74) is 0.502. The van der Waals surface area contributed by atoms with Crippen LogP contribution in [0.3, 0.4) is 0 Å². The predicted molar refractivity (Wildman–Crippen MR) is 150 cm³/mol. The van der Waals surface area contributed by atoms with Crippen molar-refractivity contribution >= 4 is 12.4 Å². The Morgan fingerprint density at radius 3 is 2.60 bits per heavy atom. The van der Waals surface area contributed by atoms with Gasteiger partial charge in [0.15, 0.2) is 12.0 Å². The van der Waals surface area contributed by atoms with Crippen LogP contribution in [0.15, 0.2) is 35.2 Å². The molecule has 4 heterocycles. The summed E-state index contributed by atoms with van der Waals surface area (Å²) in [5, 5.41) is 13.3. The molecule has 42 heavy (non-hydrogen) atoms. The summed E-state index contributed by atoms with van der Waals surface area (Å²) in [4.78, 5) is 6.40. The molecule has 2 aromatic rings. The highest BCUT2D eigenvalue weighted by Gasteiger charge is 2.33. The molecular formula is C30H39F3N7O2+. The zero-order chi connectivity index (χ0) is 29.1. The number of hydrogen-bond acceptors (Lipinski definition) is 7. The molecule has 0 atom stereocenters. The molecule has 0 N–H and O–H groups in total. The standard InChI is InChI=1S/C30H39F3N7O2/c1-38-27(19-42-28-15-25(11-12-34-28)30(31,32)33)36-37-29(38)23-7-5-22(6-8-23)24-16-35-40(18-24)17-21-3-9-26(10-4-21)39-13-2-14-41-20-39/h11-12,15-18,21-23,26H,2-10,13-14,19-20H2,1H3/q+1/b40-17-. The largest absolute Gasteiger partial charge is 0.469 e. The topological polar surface area (TPSA) is 80.7 Å². The summed E-state index contributed by atoms with van der Waals surface area (Å²) in [6.45, 7) is 2.85. The molecule has 0 spiro atoms. The average Bonchev–Trinajstić information content (AvgIpc) is 3.63. The number of rotatable bonds is 7. The SMILES string of the molecule is Cn1c(COc2cc(C(F)(F)F)ccn2)nnc1C1CCC(C2=C/[N+](=C/C3CCC(N4CCCOC4)CC3)N=C2)CC1. The minimum absolute atomic E-state index is 0.00282. The first-order valence-electron chi connectivity index (χ1n) is 15.1. The Hall–Kier alpha value is -3.12. The maximum atomic E-state index is 13.0. The van der Waals surface area contributed by atoms with E-state index in [-0.39, 0.29) is 18.4 Å². The Balaban J connectivity index is 0.984. The van der Waals surface area contributed by atoms with Gasteiger partial charge in [0.25, 0.3) is 0 Å². The normalized spacial score (nSPS) is 28.3. The number of ether oxygens (including phenoxy) is 2. The van der Waals surface area contributed by atoms with Crippen molar-refractivity contribution in [2.24, 2.45) is 24.0 Å². The highest BCUT2D eigenvalue weighted by molar-refractivity contribution is 5.80. The number of allylic oxidation sites excluding steroid dienone is 1. The fourth-order valence-corrected chi connectivity index (χ4v) is 6.73. The van der Waals surface area contributed by atoms with Gasteiger partial charge in [-0.05, 0) is 74.9 Å². The van der Waals surface area contributed by atoms with Gasteiger partial charge in [0.2, 0.25) is 12.1 Å². The summed E-state index contributed by atoms with van der Waals surface area (Å²) in [7, 11) is 1.88. The van der Waals surface area contributed by atoms with Gasteiger partial charge in [-0.3, -0.25) is 4.90 Å². The molecule has 226 valence electrons. The molecule has 4 aliphatic rings. The molecule has 0 radical (unpaired) electrons. The van der Waals surface area contributed by atoms with Gasteiger partial charge >= 0.3 is 6.18 Å². The summed E-state index contributed by atoms with van der Waals surface area (Å²) < 4.78 is 54.1. The van der Waals surface area contributed by atoms with Crippen LogP contribution in [-0.4, -0.2) is 67.7 Å². The molecule has 12 heteroatoms. The van der Waals surface area contributed by atoms with Gasteiger partial charge in [0.05, 0.1) is 12.3 Å². The van der Waals surface area contributed by atoms with Crippen LogP contribution in [0.1, 0.15) is 80.9 Å². The van der Waals surface area contributed by atoms with Crippen molar-refractivity contribution in [1.82, 2.24) is 24.6 Å². The van der Waals surface area contributed by atoms with E-state index < -0.39 is 11.7 Å². The Morgan fingerprint density at radius 2 is 1.86 bits per heavy atom. The van der Waals surface area contributed by atoms with Gasteiger partial charge in [-0.25, -0.2) is 4.98 Å². The van der Waals surface area contributed by atoms with E-state index in [0.29, 0.717) is 23.7 Å². The summed E-state index contributed by atoms with van der Waals surface area (Å²) >= 11 is 0. The second-order valence-corrected chi connectivity index (χ2v) is 11.9. The van der Waals surface area contributed by atoms with Gasteiger partial charge in [0.1, 0.15) is 18.6 Å². The van der Waals surface area contributed by atoms with E-state index in [0.717, 1.165) is 76.1 Å². The zero-order valence-electron chi connectivity index (χ0n) is 24.0. The Bertz CT molecular complexity index is 1320. The van der Waals surface area contributed by atoms with E-state index in [4.69, 9.17) is 9.47 Å². The second-order valence-electron chi connectivity index (χ2n) is 11.9. The van der Waals surface area contributed by atoms with Crippen LogP contribution >= 0.6 is 0 Å². The fourth-order valence-electron chi connectivity index (χ4n) is 6.73. The van der Waals surface area contributed by atoms with E-state index in [9.17, 15) is 13.2 Å². The van der Waals surface area contributed by atoms with E-state index in [1.54, 1.807) is 0 Å². The first kappa shape index (κ1) is 29.0. The molecule has 0 amide bonds. The minimum atomic E-state index is -4.45. The minimum Gasteiger partial charge on any atom is -0.469 e. The number of pyridine rings is 1. The van der Waals surface area contributed by atoms with Crippen LogP contribution < -0.4 is 4.74 Å². The third kappa shape index (κ3) is 6.75. The predicted octanol–water partition coefficient (Wildman–Crippen LogP) is 5.29. The van der Waals surface area contributed by atoms with Crippen LogP contribution in [0.5, 0.6) is 5.88 Å². The molecule has 6 rings (SSSR count). The van der Waals surface area contributed by atoms with Gasteiger partial charge in [-0.15, -0.1) is 10.2 Å². The van der Waals surface area contributed by atoms with Crippen LogP contribution in [0.25, 0.3) is 0 Å². The maximum Gasteiger partial charge on any atom is 0.416 e. The van der Waals surface area contributed by atoms with Crippen molar-refractivity contribution in [3.63, 3.8) is 0 Å². The number of hydrazone groups is 1. The first-order chi connectivity index (χ1) is 20.3. The van der Waals surface area contributed by atoms with Gasteiger partial charge in [0, 0.05) is 55.9 Å². The van der Waals surface area contributed by atoms with Crippen molar-refractivity contribution in [1.29, 1.82) is 0 Å². The van der Waals surface area contributed by atoms with Gasteiger partial charge in [-0.1, -0.05) is 4.68 Å². The van der Waals surface area contributed by atoms with Crippen molar-refractivity contribution < 1.29 is 27.3 Å². The lowest BCUT2D eigenvalue weighted by atomic mass is 9.78. The molecule has 0 aromatic carbocycles. The number of hydrogen-bond donors (Lipinski definition) is 0. The van der Waals surface area contributed by atoms with Crippen LogP contribution in [-0.2, 0) is 24.6 Å². The number of aromatic nitrogens is 4. The molecule has 3 fully saturated rings. The highest BCUT2D eigenvalue weighted by atomic mass is 19.4. The third-order valence-electron chi connectivity index (χ3n) is 9.21. The number of alkyl halides is 3. The van der Waals surface area contributed by atoms with Crippen molar-refractivity contribution in [2.45, 2.75) is 82.5 Å². The molecule has 9 nitrogen and oxygen atoms in total. The van der Waals surface area contributed by atoms with E-state index >= 15 is 0 Å². The van der Waals surface area contributed by atoms with Gasteiger partial charge < -0.3 is 14.0 Å². The molecule has 0 bridgehead atoms. The highest BCUT2D eigenvalue weighted by Crippen LogP contribution is 2.38. The summed E-state index contributed by atoms with van der Waals surface area (Å²) in [6, 6.07) is 2.48. The van der Waals surface area contributed by atoms with Crippen LogP contribution in [0, 0.1) is 11.8 Å². The first-order valence-corrected chi connectivity index (χ1v) is 15.1. The lowest BCUT2D eigenvalue weighted by molar-refractivity contribution is -0.455. The lowest BCUT2D eigenvalue weighted by Gasteiger charge is -2.37. The Labute approximate surface area is 244 Å².